The Balaban J connectivity index is 1.63. The molecule has 1 fully saturated rings. The largest absolute Gasteiger partial charge is 0.466 e. The van der Waals surface area contributed by atoms with Gasteiger partial charge in [-0.1, -0.05) is 41.7 Å². The smallest absolute Gasteiger partial charge is 0.321 e. The lowest BCUT2D eigenvalue weighted by Gasteiger charge is -2.32. The number of aromatic nitrogens is 2. The van der Waals surface area contributed by atoms with Crippen LogP contribution < -0.4 is 15.5 Å². The molecule has 3 rings (SSSR count). The number of hydrogen-bond acceptors (Lipinski definition) is 7. The maximum atomic E-state index is 12.5. The second-order valence-corrected chi connectivity index (χ2v) is 7.95. The van der Waals surface area contributed by atoms with Crippen molar-refractivity contribution in [3.8, 4) is 0 Å². The summed E-state index contributed by atoms with van der Waals surface area (Å²) in [5.74, 6) is -0.362. The summed E-state index contributed by atoms with van der Waals surface area (Å²) < 4.78 is 5.04. The lowest BCUT2D eigenvalue weighted by Crippen LogP contribution is -2.37. The lowest BCUT2D eigenvalue weighted by atomic mass is 10.0. The molecule has 0 aliphatic carbocycles. The SMILES string of the molecule is CCOC(=O)C[C@H](NC(=O)Nc1nnc(N2CCCC[C@@H]2C)s1)c1ccccc1. The number of nitrogens with zero attached hydrogens (tertiary/aromatic N) is 3. The molecule has 29 heavy (non-hydrogen) atoms. The summed E-state index contributed by atoms with van der Waals surface area (Å²) in [7, 11) is 0. The van der Waals surface area contributed by atoms with Gasteiger partial charge < -0.3 is 15.0 Å². The Morgan fingerprint density at radius 1 is 1.28 bits per heavy atom. The molecule has 0 unspecified atom stereocenters. The van der Waals surface area contributed by atoms with Gasteiger partial charge in [0.1, 0.15) is 0 Å². The van der Waals surface area contributed by atoms with Gasteiger partial charge in [-0.05, 0) is 38.7 Å². The third-order valence-corrected chi connectivity index (χ3v) is 5.74. The minimum atomic E-state index is -0.496. The molecule has 2 atom stereocenters. The van der Waals surface area contributed by atoms with Crippen LogP contribution in [0.25, 0.3) is 0 Å². The molecule has 1 aliphatic rings. The number of esters is 1. The number of carbonyl (C=O) groups is 2. The van der Waals surface area contributed by atoms with Crippen LogP contribution in [0.5, 0.6) is 0 Å². The average molecular weight is 418 g/mol. The summed E-state index contributed by atoms with van der Waals surface area (Å²) in [5, 5.41) is 15.2. The van der Waals surface area contributed by atoms with E-state index in [1.165, 1.54) is 17.8 Å². The zero-order valence-corrected chi connectivity index (χ0v) is 17.6. The van der Waals surface area contributed by atoms with Crippen LogP contribution in [-0.4, -0.2) is 41.4 Å². The van der Waals surface area contributed by atoms with E-state index in [0.717, 1.165) is 30.1 Å². The molecular formula is C20H27N5O3S. The summed E-state index contributed by atoms with van der Waals surface area (Å²) >= 11 is 1.36. The minimum absolute atomic E-state index is 0.0535. The van der Waals surface area contributed by atoms with E-state index in [4.69, 9.17) is 4.74 Å². The molecule has 1 saturated heterocycles. The van der Waals surface area contributed by atoms with Crippen molar-refractivity contribution in [2.45, 2.75) is 51.6 Å². The van der Waals surface area contributed by atoms with Crippen molar-refractivity contribution in [1.82, 2.24) is 15.5 Å². The second-order valence-electron chi connectivity index (χ2n) is 7.00. The Morgan fingerprint density at radius 2 is 2.07 bits per heavy atom. The molecule has 2 heterocycles. The van der Waals surface area contributed by atoms with E-state index in [9.17, 15) is 9.59 Å². The van der Waals surface area contributed by atoms with Crippen LogP contribution in [0.1, 0.15) is 51.1 Å². The molecule has 0 radical (unpaired) electrons. The Morgan fingerprint density at radius 3 is 2.79 bits per heavy atom. The summed E-state index contributed by atoms with van der Waals surface area (Å²) in [6.07, 6.45) is 3.55. The van der Waals surface area contributed by atoms with Gasteiger partial charge in [-0.15, -0.1) is 10.2 Å². The Hall–Kier alpha value is -2.68. The number of nitrogens with one attached hydrogen (secondary N) is 2. The van der Waals surface area contributed by atoms with E-state index >= 15 is 0 Å². The van der Waals surface area contributed by atoms with Gasteiger partial charge in [0.05, 0.1) is 19.1 Å². The van der Waals surface area contributed by atoms with E-state index in [1.807, 2.05) is 30.3 Å². The first-order chi connectivity index (χ1) is 14.1. The van der Waals surface area contributed by atoms with Gasteiger partial charge in [0.25, 0.3) is 0 Å². The number of benzene rings is 1. The van der Waals surface area contributed by atoms with E-state index < -0.39 is 12.1 Å². The summed E-state index contributed by atoms with van der Waals surface area (Å²) in [6, 6.07) is 8.84. The van der Waals surface area contributed by atoms with Crippen molar-refractivity contribution in [2.75, 3.05) is 23.4 Å². The standard InChI is InChI=1S/C20H27N5O3S/c1-3-28-17(26)13-16(15-10-5-4-6-11-15)21-18(27)22-19-23-24-20(29-19)25-12-8-7-9-14(25)2/h4-6,10-11,14,16H,3,7-9,12-13H2,1-2H3,(H2,21,22,23,27)/t14-,16-/m0/s1. The number of urea groups is 1. The highest BCUT2D eigenvalue weighted by Crippen LogP contribution is 2.29. The first-order valence-electron chi connectivity index (χ1n) is 9.95. The molecule has 156 valence electrons. The molecule has 9 heteroatoms. The number of ether oxygens (including phenoxy) is 1. The fourth-order valence-electron chi connectivity index (χ4n) is 3.38. The topological polar surface area (TPSA) is 96.4 Å². The molecule has 8 nitrogen and oxygen atoms in total. The van der Waals surface area contributed by atoms with Crippen molar-refractivity contribution in [1.29, 1.82) is 0 Å². The zero-order valence-electron chi connectivity index (χ0n) is 16.8. The fourth-order valence-corrected chi connectivity index (χ4v) is 4.25. The van der Waals surface area contributed by atoms with Crippen molar-refractivity contribution < 1.29 is 14.3 Å². The van der Waals surface area contributed by atoms with Gasteiger partial charge in [-0.25, -0.2) is 4.79 Å². The van der Waals surface area contributed by atoms with Gasteiger partial charge in [0, 0.05) is 12.6 Å². The van der Waals surface area contributed by atoms with Crippen LogP contribution in [-0.2, 0) is 9.53 Å². The van der Waals surface area contributed by atoms with E-state index in [2.05, 4.69) is 32.7 Å². The third-order valence-electron chi connectivity index (χ3n) is 4.87. The van der Waals surface area contributed by atoms with Crippen LogP contribution in [0.2, 0.25) is 0 Å². The molecule has 2 aromatic rings. The zero-order chi connectivity index (χ0) is 20.6. The van der Waals surface area contributed by atoms with Crippen LogP contribution >= 0.6 is 11.3 Å². The highest BCUT2D eigenvalue weighted by atomic mass is 32.1. The molecule has 0 bridgehead atoms. The van der Waals surface area contributed by atoms with E-state index in [0.29, 0.717) is 17.8 Å². The van der Waals surface area contributed by atoms with E-state index in [-0.39, 0.29) is 12.4 Å². The Labute approximate surface area is 174 Å². The summed E-state index contributed by atoms with van der Waals surface area (Å²) in [6.45, 7) is 5.19. The normalized spacial score (nSPS) is 17.4. The van der Waals surface area contributed by atoms with Gasteiger partial charge in [-0.2, -0.15) is 0 Å². The van der Waals surface area contributed by atoms with Crippen molar-refractivity contribution >= 4 is 33.6 Å². The van der Waals surface area contributed by atoms with Gasteiger partial charge in [0.15, 0.2) is 0 Å². The molecule has 1 aromatic heterocycles. The van der Waals surface area contributed by atoms with Crippen molar-refractivity contribution in [2.24, 2.45) is 0 Å². The summed E-state index contributed by atoms with van der Waals surface area (Å²) in [4.78, 5) is 26.7. The minimum Gasteiger partial charge on any atom is -0.466 e. The molecule has 0 spiro atoms. The van der Waals surface area contributed by atoms with Crippen LogP contribution in [0.15, 0.2) is 30.3 Å². The quantitative estimate of drug-likeness (QED) is 0.667. The molecule has 2 N–H and O–H groups in total. The second kappa shape index (κ2) is 10.2. The van der Waals surface area contributed by atoms with Gasteiger partial charge in [0.2, 0.25) is 10.3 Å². The highest BCUT2D eigenvalue weighted by Gasteiger charge is 2.23. The number of rotatable bonds is 7. The predicted molar refractivity (Wildman–Crippen MR) is 113 cm³/mol. The monoisotopic (exact) mass is 417 g/mol. The maximum absolute atomic E-state index is 12.5. The number of piperidine rings is 1. The first kappa shape index (κ1) is 21.0. The highest BCUT2D eigenvalue weighted by molar-refractivity contribution is 7.19. The number of amides is 2. The first-order valence-corrected chi connectivity index (χ1v) is 10.8. The predicted octanol–water partition coefficient (Wildman–Crippen LogP) is 3.73. The fraction of sp³-hybridized carbons (Fsp3) is 0.500. The van der Waals surface area contributed by atoms with E-state index in [1.54, 1.807) is 6.92 Å². The summed E-state index contributed by atoms with van der Waals surface area (Å²) in [5.41, 5.74) is 0.829. The van der Waals surface area contributed by atoms with Crippen molar-refractivity contribution in [3.63, 3.8) is 0 Å². The molecule has 1 aliphatic heterocycles. The molecule has 0 saturated carbocycles. The average Bonchev–Trinajstić information content (AvgIpc) is 3.16. The third kappa shape index (κ3) is 5.90. The Kier molecular flexibility index (Phi) is 7.40. The van der Waals surface area contributed by atoms with Crippen molar-refractivity contribution in [3.05, 3.63) is 35.9 Å². The van der Waals surface area contributed by atoms with Crippen LogP contribution in [0.4, 0.5) is 15.1 Å². The molecule has 2 amide bonds. The number of carbonyl (C=O) groups excluding carboxylic acids is 2. The molecular weight excluding hydrogens is 390 g/mol. The number of hydrogen-bond donors (Lipinski definition) is 2. The van der Waals surface area contributed by atoms with Gasteiger partial charge in [-0.3, -0.25) is 10.1 Å². The maximum Gasteiger partial charge on any atom is 0.321 e. The molecule has 1 aromatic carbocycles. The lowest BCUT2D eigenvalue weighted by molar-refractivity contribution is -0.143. The number of anilines is 2. The Bertz CT molecular complexity index is 813. The van der Waals surface area contributed by atoms with Crippen LogP contribution in [0.3, 0.4) is 0 Å². The van der Waals surface area contributed by atoms with Gasteiger partial charge >= 0.3 is 12.0 Å². The van der Waals surface area contributed by atoms with Crippen LogP contribution in [0, 0.1) is 0 Å².